The van der Waals surface area contributed by atoms with Crippen molar-refractivity contribution < 1.29 is 22.8 Å². The van der Waals surface area contributed by atoms with Crippen molar-refractivity contribution >= 4 is 11.8 Å². The summed E-state index contributed by atoms with van der Waals surface area (Å²) in [6.07, 6.45) is 6.11. The van der Waals surface area contributed by atoms with Crippen LogP contribution in [0.15, 0.2) is 77.4 Å². The van der Waals surface area contributed by atoms with Crippen molar-refractivity contribution in [3.8, 4) is 11.5 Å². The third-order valence-electron chi connectivity index (χ3n) is 5.14. The first-order chi connectivity index (χ1) is 15.4. The highest BCUT2D eigenvalue weighted by Gasteiger charge is 2.40. The smallest absolute Gasteiger partial charge is 0.349 e. The van der Waals surface area contributed by atoms with E-state index in [-0.39, 0.29) is 29.6 Å². The second-order valence-electron chi connectivity index (χ2n) is 7.37. The number of halogens is 2. The second-order valence-corrected chi connectivity index (χ2v) is 7.37. The Morgan fingerprint density at radius 2 is 1.81 bits per heavy atom. The molecule has 32 heavy (non-hydrogen) atoms. The van der Waals surface area contributed by atoms with E-state index in [1.54, 1.807) is 35.2 Å². The van der Waals surface area contributed by atoms with Gasteiger partial charge in [-0.3, -0.25) is 9.59 Å². The summed E-state index contributed by atoms with van der Waals surface area (Å²) in [5, 5.41) is 2.27. The number of aromatic nitrogens is 1. The van der Waals surface area contributed by atoms with E-state index >= 15 is 0 Å². The first-order valence-electron chi connectivity index (χ1n) is 10.2. The Bertz CT molecular complexity index is 1120. The molecule has 1 N–H and O–H groups in total. The van der Waals surface area contributed by atoms with Gasteiger partial charge < -0.3 is 14.6 Å². The number of rotatable bonds is 6. The van der Waals surface area contributed by atoms with Crippen molar-refractivity contribution in [2.75, 3.05) is 13.1 Å². The minimum atomic E-state index is -3.62. The van der Waals surface area contributed by atoms with Gasteiger partial charge in [0.2, 0.25) is 5.89 Å². The first-order valence-corrected chi connectivity index (χ1v) is 10.2. The quantitative estimate of drug-likeness (QED) is 0.588. The number of nitrogens with zero attached hydrogens (tertiary/aromatic N) is 2. The fourth-order valence-corrected chi connectivity index (χ4v) is 3.33. The third kappa shape index (κ3) is 4.59. The summed E-state index contributed by atoms with van der Waals surface area (Å²) in [6.45, 7) is 1.13. The molecule has 0 bridgehead atoms. The highest BCUT2D eigenvalue weighted by molar-refractivity contribution is 5.92. The third-order valence-corrected chi connectivity index (χ3v) is 5.14. The number of alkyl halides is 2. The zero-order valence-corrected chi connectivity index (χ0v) is 17.1. The summed E-state index contributed by atoms with van der Waals surface area (Å²) < 4.78 is 34.0. The van der Waals surface area contributed by atoms with Gasteiger partial charge in [0.05, 0.1) is 0 Å². The molecular weight excluding hydrogens is 416 g/mol. The summed E-state index contributed by atoms with van der Waals surface area (Å²) in [4.78, 5) is 30.5. The maximum atomic E-state index is 14.3. The van der Waals surface area contributed by atoms with Crippen LogP contribution in [0.4, 0.5) is 8.78 Å². The number of benzene rings is 2. The Hall–Kier alpha value is -3.81. The van der Waals surface area contributed by atoms with Crippen LogP contribution in [0.5, 0.6) is 0 Å². The van der Waals surface area contributed by atoms with Gasteiger partial charge >= 0.3 is 5.92 Å². The van der Waals surface area contributed by atoms with Crippen LogP contribution >= 0.6 is 0 Å². The lowest BCUT2D eigenvalue weighted by Crippen LogP contribution is -2.37. The lowest BCUT2D eigenvalue weighted by molar-refractivity contribution is -0.147. The number of hydrogen-bond donors (Lipinski definition) is 1. The second kappa shape index (κ2) is 9.13. The van der Waals surface area contributed by atoms with Crippen molar-refractivity contribution in [2.24, 2.45) is 0 Å². The lowest BCUT2D eigenvalue weighted by atomic mass is 10.1. The molecule has 0 radical (unpaired) electrons. The van der Waals surface area contributed by atoms with Gasteiger partial charge in [0.1, 0.15) is 6.26 Å². The molecule has 0 fully saturated rings. The van der Waals surface area contributed by atoms with Crippen LogP contribution in [-0.2, 0) is 17.3 Å². The Labute approximate surface area is 183 Å². The highest BCUT2D eigenvalue weighted by Crippen LogP contribution is 2.28. The van der Waals surface area contributed by atoms with Gasteiger partial charge in [-0.1, -0.05) is 54.6 Å². The van der Waals surface area contributed by atoms with E-state index < -0.39 is 11.8 Å². The van der Waals surface area contributed by atoms with Gasteiger partial charge in [0, 0.05) is 30.8 Å². The topological polar surface area (TPSA) is 75.4 Å². The number of nitrogens with one attached hydrogen (secondary N) is 1. The zero-order valence-electron chi connectivity index (χ0n) is 17.1. The van der Waals surface area contributed by atoms with Gasteiger partial charge in [-0.25, -0.2) is 4.98 Å². The molecule has 2 heterocycles. The standard InChI is InChI=1S/C24H21F2N3O3/c25-24(26,19-7-3-1-4-8-19)23(31)27-15-17-9-11-18(12-10-17)21-28-20(16-32-21)22(30)29-13-5-2-6-14-29/h1-5,7-12,16H,6,13-15H2,(H,27,31). The minimum absolute atomic E-state index is 0.0562. The van der Waals surface area contributed by atoms with Crippen LogP contribution in [0, 0.1) is 0 Å². The van der Waals surface area contributed by atoms with E-state index in [0.29, 0.717) is 24.2 Å². The molecule has 0 atom stereocenters. The molecule has 8 heteroatoms. The molecule has 1 aliphatic rings. The molecule has 6 nitrogen and oxygen atoms in total. The highest BCUT2D eigenvalue weighted by atomic mass is 19.3. The van der Waals surface area contributed by atoms with Gasteiger partial charge in [0.15, 0.2) is 5.69 Å². The van der Waals surface area contributed by atoms with Crippen LogP contribution in [0.2, 0.25) is 0 Å². The number of carbonyl (C=O) groups is 2. The number of amides is 2. The summed E-state index contributed by atoms with van der Waals surface area (Å²) >= 11 is 0. The Kier molecular flexibility index (Phi) is 6.11. The molecule has 2 amide bonds. The van der Waals surface area contributed by atoms with Crippen molar-refractivity contribution in [1.82, 2.24) is 15.2 Å². The average Bonchev–Trinajstić information content (AvgIpc) is 3.34. The predicted molar refractivity (Wildman–Crippen MR) is 114 cm³/mol. The number of carbonyl (C=O) groups excluding carboxylic acids is 2. The van der Waals surface area contributed by atoms with Crippen LogP contribution in [0.25, 0.3) is 11.5 Å². The van der Waals surface area contributed by atoms with Gasteiger partial charge in [-0.15, -0.1) is 0 Å². The Morgan fingerprint density at radius 3 is 2.50 bits per heavy atom. The number of oxazole rings is 1. The van der Waals surface area contributed by atoms with Gasteiger partial charge in [-0.05, 0) is 24.1 Å². The molecule has 4 rings (SSSR count). The summed E-state index contributed by atoms with van der Waals surface area (Å²) in [5.74, 6) is -4.89. The maximum absolute atomic E-state index is 14.3. The number of hydrogen-bond acceptors (Lipinski definition) is 4. The van der Waals surface area contributed by atoms with Gasteiger partial charge in [-0.2, -0.15) is 8.78 Å². The lowest BCUT2D eigenvalue weighted by Gasteiger charge is -2.21. The van der Waals surface area contributed by atoms with Crippen molar-refractivity contribution in [3.05, 3.63) is 89.8 Å². The van der Waals surface area contributed by atoms with E-state index in [9.17, 15) is 18.4 Å². The first kappa shape index (κ1) is 21.4. The largest absolute Gasteiger partial charge is 0.444 e. The summed E-state index contributed by atoms with van der Waals surface area (Å²) in [7, 11) is 0. The minimum Gasteiger partial charge on any atom is -0.444 e. The van der Waals surface area contributed by atoms with Crippen LogP contribution < -0.4 is 5.32 Å². The SMILES string of the molecule is O=C(c1coc(-c2ccc(CNC(=O)C(F)(F)c3ccccc3)cc2)n1)N1CC=CCC1. The van der Waals surface area contributed by atoms with E-state index in [1.165, 1.54) is 30.5 Å². The van der Waals surface area contributed by atoms with Gasteiger partial charge in [0.25, 0.3) is 11.8 Å². The van der Waals surface area contributed by atoms with Crippen LogP contribution in [0.1, 0.15) is 28.0 Å². The zero-order chi connectivity index (χ0) is 22.6. The molecule has 0 saturated heterocycles. The fraction of sp³-hybridized carbons (Fsp3) is 0.208. The molecule has 1 aliphatic heterocycles. The average molecular weight is 437 g/mol. The van der Waals surface area contributed by atoms with Crippen molar-refractivity contribution in [2.45, 2.75) is 18.9 Å². The molecule has 3 aromatic rings. The van der Waals surface area contributed by atoms with Crippen molar-refractivity contribution in [3.63, 3.8) is 0 Å². The van der Waals surface area contributed by atoms with E-state index in [4.69, 9.17) is 4.42 Å². The van der Waals surface area contributed by atoms with E-state index in [1.807, 2.05) is 12.2 Å². The molecule has 2 aromatic carbocycles. The molecule has 0 aliphatic carbocycles. The molecule has 0 spiro atoms. The predicted octanol–water partition coefficient (Wildman–Crippen LogP) is 4.15. The molecule has 164 valence electrons. The molecule has 0 saturated carbocycles. The van der Waals surface area contributed by atoms with Crippen molar-refractivity contribution in [1.29, 1.82) is 0 Å². The van der Waals surface area contributed by atoms with Crippen LogP contribution in [0.3, 0.4) is 0 Å². The normalized spacial score (nSPS) is 13.8. The summed E-state index contributed by atoms with van der Waals surface area (Å²) in [6, 6.07) is 13.7. The van der Waals surface area contributed by atoms with Crippen LogP contribution in [-0.4, -0.2) is 34.8 Å². The van der Waals surface area contributed by atoms with E-state index in [0.717, 1.165) is 6.42 Å². The molecule has 1 aromatic heterocycles. The molecule has 0 unspecified atom stereocenters. The Balaban J connectivity index is 1.37. The fourth-order valence-electron chi connectivity index (χ4n) is 3.33. The van der Waals surface area contributed by atoms with E-state index in [2.05, 4.69) is 10.3 Å². The maximum Gasteiger partial charge on any atom is 0.349 e. The monoisotopic (exact) mass is 437 g/mol. The summed E-state index contributed by atoms with van der Waals surface area (Å²) in [5.41, 5.74) is 1.14. The Morgan fingerprint density at radius 1 is 1.06 bits per heavy atom. The molecular formula is C24H21F2N3O3.